The van der Waals surface area contributed by atoms with E-state index < -0.39 is 22.5 Å². The van der Waals surface area contributed by atoms with Gasteiger partial charge >= 0.3 is 0 Å². The highest BCUT2D eigenvalue weighted by atomic mass is 35.5. The normalized spacial score (nSPS) is 11.5. The van der Waals surface area contributed by atoms with Crippen molar-refractivity contribution in [3.63, 3.8) is 0 Å². The molecule has 0 atom stereocenters. The minimum Gasteiger partial charge on any atom is -0.497 e. The summed E-state index contributed by atoms with van der Waals surface area (Å²) in [6.45, 7) is 3.32. The Morgan fingerprint density at radius 3 is 2.38 bits per heavy atom. The summed E-state index contributed by atoms with van der Waals surface area (Å²) in [4.78, 5) is 12.9. The minimum absolute atomic E-state index is 0.0595. The first-order chi connectivity index (χ1) is 18.6. The maximum atomic E-state index is 13.4. The molecule has 1 amide bonds. The van der Waals surface area contributed by atoms with E-state index in [-0.39, 0.29) is 4.90 Å². The first kappa shape index (κ1) is 28.2. The number of halogens is 2. The van der Waals surface area contributed by atoms with Gasteiger partial charge < -0.3 is 9.30 Å². The maximum Gasteiger partial charge on any atom is 0.264 e. The number of amides is 1. The predicted octanol–water partition coefficient (Wildman–Crippen LogP) is 5.76. The summed E-state index contributed by atoms with van der Waals surface area (Å²) in [6.07, 6.45) is 1.50. The Labute approximate surface area is 237 Å². The van der Waals surface area contributed by atoms with Gasteiger partial charge in [0.05, 0.1) is 39.6 Å². The van der Waals surface area contributed by atoms with Gasteiger partial charge in [0.1, 0.15) is 12.3 Å². The van der Waals surface area contributed by atoms with Gasteiger partial charge in [0.15, 0.2) is 0 Å². The number of nitrogens with zero attached hydrogens (tertiary/aromatic N) is 3. The fourth-order valence-corrected chi connectivity index (χ4v) is 5.90. The van der Waals surface area contributed by atoms with Crippen LogP contribution in [0.2, 0.25) is 10.0 Å². The molecule has 0 aliphatic carbocycles. The maximum absolute atomic E-state index is 13.4. The number of rotatable bonds is 9. The van der Waals surface area contributed by atoms with Gasteiger partial charge in [-0.15, -0.1) is 0 Å². The van der Waals surface area contributed by atoms with E-state index in [4.69, 9.17) is 27.9 Å². The number of sulfonamides is 1. The number of aryl methyl sites for hydroxylation is 1. The summed E-state index contributed by atoms with van der Waals surface area (Å²) in [5, 5.41) is 4.95. The van der Waals surface area contributed by atoms with Crippen LogP contribution in [0.4, 0.5) is 5.69 Å². The van der Waals surface area contributed by atoms with Crippen LogP contribution in [0.5, 0.6) is 5.75 Å². The molecule has 0 aliphatic rings. The number of hydrogen-bond acceptors (Lipinski definition) is 5. The van der Waals surface area contributed by atoms with Gasteiger partial charge in [-0.1, -0.05) is 47.5 Å². The van der Waals surface area contributed by atoms with Crippen LogP contribution in [0.3, 0.4) is 0 Å². The first-order valence-electron chi connectivity index (χ1n) is 11.8. The number of benzene rings is 3. The van der Waals surface area contributed by atoms with Crippen LogP contribution >= 0.6 is 23.2 Å². The van der Waals surface area contributed by atoms with Crippen LogP contribution in [0.15, 0.2) is 88.9 Å². The second kappa shape index (κ2) is 11.9. The fraction of sp³-hybridized carbons (Fsp3) is 0.143. The molecule has 0 spiro atoms. The van der Waals surface area contributed by atoms with Crippen molar-refractivity contribution in [3.8, 4) is 11.4 Å². The number of nitrogens with one attached hydrogen (secondary N) is 1. The Morgan fingerprint density at radius 1 is 1.03 bits per heavy atom. The standard InChI is InChI=1S/C28H26Cl2N4O4S/c1-19-16-21(20(2)34(19)26-11-7-10-25(29)28(26)30)17-31-32-27(35)18-33(22-12-14-23(38-3)15-13-22)39(36,37)24-8-5-4-6-9-24/h4-17H,18H2,1-3H3,(H,32,35)/b31-17-. The number of hydrogen-bond donors (Lipinski definition) is 1. The molecule has 0 radical (unpaired) electrons. The van der Waals surface area contributed by atoms with Crippen molar-refractivity contribution in [2.45, 2.75) is 18.7 Å². The zero-order valence-corrected chi connectivity index (χ0v) is 23.8. The Balaban J connectivity index is 1.56. The number of hydrazone groups is 1. The second-order valence-corrected chi connectivity index (χ2v) is 11.2. The molecule has 1 aromatic heterocycles. The summed E-state index contributed by atoms with van der Waals surface area (Å²) in [7, 11) is -2.53. The molecule has 1 N–H and O–H groups in total. The molecule has 4 aromatic rings. The summed E-state index contributed by atoms with van der Waals surface area (Å²) in [5.41, 5.74) is 5.94. The van der Waals surface area contributed by atoms with Gasteiger partial charge in [-0.05, 0) is 68.4 Å². The highest BCUT2D eigenvalue weighted by Gasteiger charge is 2.27. The summed E-state index contributed by atoms with van der Waals surface area (Å²) >= 11 is 12.6. The minimum atomic E-state index is -4.04. The molecule has 202 valence electrons. The topological polar surface area (TPSA) is 93.0 Å². The lowest BCUT2D eigenvalue weighted by Gasteiger charge is -2.23. The lowest BCUT2D eigenvalue weighted by Crippen LogP contribution is -2.39. The monoisotopic (exact) mass is 584 g/mol. The summed E-state index contributed by atoms with van der Waals surface area (Å²) < 4.78 is 35.0. The highest BCUT2D eigenvalue weighted by Crippen LogP contribution is 2.31. The Bertz CT molecular complexity index is 1620. The van der Waals surface area contributed by atoms with E-state index in [0.717, 1.165) is 26.9 Å². The van der Waals surface area contributed by atoms with Gasteiger partial charge in [-0.25, -0.2) is 13.8 Å². The van der Waals surface area contributed by atoms with Crippen LogP contribution in [-0.4, -0.2) is 38.8 Å². The molecule has 8 nitrogen and oxygen atoms in total. The molecular weight excluding hydrogens is 559 g/mol. The molecule has 0 saturated carbocycles. The zero-order chi connectivity index (χ0) is 28.2. The van der Waals surface area contributed by atoms with E-state index in [9.17, 15) is 13.2 Å². The summed E-state index contributed by atoms with van der Waals surface area (Å²) in [6, 6.07) is 21.6. The first-order valence-corrected chi connectivity index (χ1v) is 14.0. The molecule has 0 unspecified atom stereocenters. The van der Waals surface area contributed by atoms with Gasteiger partial charge in [-0.3, -0.25) is 9.10 Å². The molecule has 11 heteroatoms. The van der Waals surface area contributed by atoms with Crippen molar-refractivity contribution < 1.29 is 17.9 Å². The van der Waals surface area contributed by atoms with E-state index in [0.29, 0.717) is 21.5 Å². The molecule has 1 heterocycles. The van der Waals surface area contributed by atoms with Crippen molar-refractivity contribution in [2.24, 2.45) is 5.10 Å². The zero-order valence-electron chi connectivity index (χ0n) is 21.4. The molecule has 3 aromatic carbocycles. The van der Waals surface area contributed by atoms with Crippen LogP contribution in [0.1, 0.15) is 17.0 Å². The molecule has 0 saturated heterocycles. The fourth-order valence-electron chi connectivity index (χ4n) is 4.08. The number of carbonyl (C=O) groups excluding carboxylic acids is 1. The second-order valence-electron chi connectivity index (χ2n) is 8.55. The third kappa shape index (κ3) is 6.11. The quantitative estimate of drug-likeness (QED) is 0.200. The average molecular weight is 586 g/mol. The molecule has 0 fully saturated rings. The highest BCUT2D eigenvalue weighted by molar-refractivity contribution is 7.92. The third-order valence-electron chi connectivity index (χ3n) is 6.01. The molecular formula is C28H26Cl2N4O4S. The van der Waals surface area contributed by atoms with Crippen molar-refractivity contribution in [1.82, 2.24) is 9.99 Å². The smallest absolute Gasteiger partial charge is 0.264 e. The van der Waals surface area contributed by atoms with Crippen molar-refractivity contribution in [1.29, 1.82) is 0 Å². The lowest BCUT2D eigenvalue weighted by molar-refractivity contribution is -0.119. The van der Waals surface area contributed by atoms with E-state index in [1.165, 1.54) is 25.5 Å². The van der Waals surface area contributed by atoms with Crippen molar-refractivity contribution in [2.75, 3.05) is 18.0 Å². The molecule has 0 bridgehead atoms. The average Bonchev–Trinajstić information content (AvgIpc) is 3.21. The van der Waals surface area contributed by atoms with E-state index in [2.05, 4.69) is 10.5 Å². The largest absolute Gasteiger partial charge is 0.497 e. The number of carbonyl (C=O) groups is 1. The number of methoxy groups -OCH3 is 1. The molecule has 0 aliphatic heterocycles. The third-order valence-corrected chi connectivity index (χ3v) is 8.61. The van der Waals surface area contributed by atoms with Gasteiger partial charge in [0.25, 0.3) is 15.9 Å². The van der Waals surface area contributed by atoms with Gasteiger partial charge in [0.2, 0.25) is 0 Å². The van der Waals surface area contributed by atoms with Crippen LogP contribution in [0, 0.1) is 13.8 Å². The number of aromatic nitrogens is 1. The van der Waals surface area contributed by atoms with Crippen molar-refractivity contribution >= 4 is 51.0 Å². The molecule has 39 heavy (non-hydrogen) atoms. The van der Waals surface area contributed by atoms with Crippen LogP contribution in [0.25, 0.3) is 5.69 Å². The Kier molecular flexibility index (Phi) is 8.64. The number of ether oxygens (including phenoxy) is 1. The van der Waals surface area contributed by atoms with Crippen LogP contribution < -0.4 is 14.5 Å². The van der Waals surface area contributed by atoms with Gasteiger partial charge in [0, 0.05) is 17.0 Å². The van der Waals surface area contributed by atoms with Gasteiger partial charge in [-0.2, -0.15) is 5.10 Å². The Morgan fingerprint density at radius 2 is 1.72 bits per heavy atom. The lowest BCUT2D eigenvalue weighted by atomic mass is 10.2. The summed E-state index contributed by atoms with van der Waals surface area (Å²) in [5.74, 6) is -0.0604. The Hall–Kier alpha value is -3.79. The SMILES string of the molecule is COc1ccc(N(CC(=O)N/N=C\c2cc(C)n(-c3cccc(Cl)c3Cl)c2C)S(=O)(=O)c2ccccc2)cc1. The van der Waals surface area contributed by atoms with Crippen molar-refractivity contribution in [3.05, 3.63) is 106 Å². The van der Waals surface area contributed by atoms with E-state index in [1.807, 2.05) is 36.6 Å². The number of anilines is 1. The van der Waals surface area contributed by atoms with Crippen LogP contribution in [-0.2, 0) is 14.8 Å². The molecule has 4 rings (SSSR count). The van der Waals surface area contributed by atoms with E-state index >= 15 is 0 Å². The van der Waals surface area contributed by atoms with E-state index in [1.54, 1.807) is 48.5 Å². The predicted molar refractivity (Wildman–Crippen MR) is 155 cm³/mol.